The first-order valence-electron chi connectivity index (χ1n) is 9.73. The van der Waals surface area contributed by atoms with E-state index in [1.807, 2.05) is 49.9 Å². The van der Waals surface area contributed by atoms with E-state index in [1.165, 1.54) is 5.56 Å². The lowest BCUT2D eigenvalue weighted by Gasteiger charge is -2.31. The molecule has 0 bridgehead atoms. The molecule has 1 amide bonds. The number of ether oxygens (including phenoxy) is 1. The maximum Gasteiger partial charge on any atom is 0.415 e. The van der Waals surface area contributed by atoms with Gasteiger partial charge < -0.3 is 15.4 Å². The number of amides is 1. The van der Waals surface area contributed by atoms with Gasteiger partial charge in [0.05, 0.1) is 0 Å². The van der Waals surface area contributed by atoms with E-state index >= 15 is 0 Å². The zero-order valence-electron chi connectivity index (χ0n) is 16.6. The maximum atomic E-state index is 12.3. The van der Waals surface area contributed by atoms with Crippen molar-refractivity contribution in [2.45, 2.75) is 45.6 Å². The summed E-state index contributed by atoms with van der Waals surface area (Å²) in [5.41, 5.74) is 9.49. The SMILES string of the molecule is Cc1ccc(OC(=O)N2CCC(Cc3ccc(C(C)(C)N)cc3)CC2)cc1. The van der Waals surface area contributed by atoms with Crippen molar-refractivity contribution in [1.82, 2.24) is 4.90 Å². The van der Waals surface area contributed by atoms with Gasteiger partial charge in [0, 0.05) is 18.6 Å². The molecule has 144 valence electrons. The fourth-order valence-corrected chi connectivity index (χ4v) is 3.50. The maximum absolute atomic E-state index is 12.3. The number of benzene rings is 2. The third-order valence-electron chi connectivity index (χ3n) is 5.32. The lowest BCUT2D eigenvalue weighted by atomic mass is 9.88. The Hall–Kier alpha value is -2.33. The molecular formula is C23H30N2O2. The molecular weight excluding hydrogens is 336 g/mol. The molecule has 1 fully saturated rings. The molecule has 0 unspecified atom stereocenters. The molecule has 1 heterocycles. The Morgan fingerprint density at radius 3 is 2.22 bits per heavy atom. The van der Waals surface area contributed by atoms with Crippen LogP contribution in [-0.4, -0.2) is 24.1 Å². The second-order valence-electron chi connectivity index (χ2n) is 8.23. The van der Waals surface area contributed by atoms with Gasteiger partial charge in [-0.05, 0) is 69.2 Å². The van der Waals surface area contributed by atoms with E-state index in [9.17, 15) is 4.79 Å². The van der Waals surface area contributed by atoms with E-state index < -0.39 is 0 Å². The number of hydrogen-bond donors (Lipinski definition) is 1. The van der Waals surface area contributed by atoms with E-state index in [-0.39, 0.29) is 11.6 Å². The molecule has 4 nitrogen and oxygen atoms in total. The number of likely N-dealkylation sites (tertiary alicyclic amines) is 1. The van der Waals surface area contributed by atoms with Crippen LogP contribution in [0.25, 0.3) is 0 Å². The lowest BCUT2D eigenvalue weighted by molar-refractivity contribution is 0.131. The summed E-state index contributed by atoms with van der Waals surface area (Å²) >= 11 is 0. The van der Waals surface area contributed by atoms with Crippen molar-refractivity contribution in [3.63, 3.8) is 0 Å². The van der Waals surface area contributed by atoms with Gasteiger partial charge in [0.15, 0.2) is 0 Å². The molecule has 4 heteroatoms. The molecule has 0 aliphatic carbocycles. The first-order valence-corrected chi connectivity index (χ1v) is 9.73. The van der Waals surface area contributed by atoms with Crippen LogP contribution in [0.5, 0.6) is 5.75 Å². The van der Waals surface area contributed by atoms with E-state index in [0.29, 0.717) is 11.7 Å². The van der Waals surface area contributed by atoms with Crippen LogP contribution >= 0.6 is 0 Å². The van der Waals surface area contributed by atoms with Crippen molar-refractivity contribution in [1.29, 1.82) is 0 Å². The second-order valence-corrected chi connectivity index (χ2v) is 8.23. The standard InChI is InChI=1S/C23H30N2O2/c1-17-4-10-21(11-5-17)27-22(26)25-14-12-19(13-15-25)16-18-6-8-20(9-7-18)23(2,3)24/h4-11,19H,12-16,24H2,1-3H3. The van der Waals surface area contributed by atoms with Crippen molar-refractivity contribution < 1.29 is 9.53 Å². The van der Waals surface area contributed by atoms with E-state index in [4.69, 9.17) is 10.5 Å². The Kier molecular flexibility index (Phi) is 5.85. The Morgan fingerprint density at radius 2 is 1.67 bits per heavy atom. The van der Waals surface area contributed by atoms with Crippen molar-refractivity contribution in [3.05, 3.63) is 65.2 Å². The monoisotopic (exact) mass is 366 g/mol. The smallest absolute Gasteiger partial charge is 0.410 e. The fourth-order valence-electron chi connectivity index (χ4n) is 3.50. The predicted molar refractivity (Wildman–Crippen MR) is 109 cm³/mol. The van der Waals surface area contributed by atoms with Crippen LogP contribution in [0.2, 0.25) is 0 Å². The summed E-state index contributed by atoms with van der Waals surface area (Å²) in [5.74, 6) is 1.21. The van der Waals surface area contributed by atoms with Gasteiger partial charge >= 0.3 is 6.09 Å². The molecule has 2 aromatic carbocycles. The normalized spacial score (nSPS) is 15.6. The van der Waals surface area contributed by atoms with Crippen LogP contribution in [-0.2, 0) is 12.0 Å². The largest absolute Gasteiger partial charge is 0.415 e. The van der Waals surface area contributed by atoms with Crippen LogP contribution < -0.4 is 10.5 Å². The number of hydrogen-bond acceptors (Lipinski definition) is 3. The Balaban J connectivity index is 1.48. The minimum atomic E-state index is -0.304. The number of rotatable bonds is 4. The third kappa shape index (κ3) is 5.33. The average Bonchev–Trinajstić information content (AvgIpc) is 2.64. The van der Waals surface area contributed by atoms with Gasteiger partial charge in [0.1, 0.15) is 5.75 Å². The van der Waals surface area contributed by atoms with Gasteiger partial charge in [-0.2, -0.15) is 0 Å². The minimum absolute atomic E-state index is 0.244. The van der Waals surface area contributed by atoms with Gasteiger partial charge in [-0.3, -0.25) is 0 Å². The van der Waals surface area contributed by atoms with Gasteiger partial charge in [-0.15, -0.1) is 0 Å². The topological polar surface area (TPSA) is 55.6 Å². The molecule has 0 aromatic heterocycles. The van der Waals surface area contributed by atoms with Crippen LogP contribution in [0.4, 0.5) is 4.79 Å². The van der Waals surface area contributed by atoms with Crippen molar-refractivity contribution in [2.75, 3.05) is 13.1 Å². The highest BCUT2D eigenvalue weighted by molar-refractivity contribution is 5.70. The molecule has 2 aromatic rings. The summed E-state index contributed by atoms with van der Waals surface area (Å²) in [6.07, 6.45) is 2.82. The molecule has 1 saturated heterocycles. The van der Waals surface area contributed by atoms with Gasteiger partial charge in [-0.25, -0.2) is 4.79 Å². The number of carbonyl (C=O) groups excluding carboxylic acids is 1. The summed E-state index contributed by atoms with van der Waals surface area (Å²) in [6, 6.07) is 16.2. The molecule has 2 N–H and O–H groups in total. The Morgan fingerprint density at radius 1 is 1.07 bits per heavy atom. The molecule has 1 aliphatic rings. The molecule has 0 atom stereocenters. The average molecular weight is 367 g/mol. The van der Waals surface area contributed by atoms with Gasteiger partial charge in [-0.1, -0.05) is 42.0 Å². The van der Waals surface area contributed by atoms with Crippen molar-refractivity contribution in [3.8, 4) is 5.75 Å². The molecule has 0 spiro atoms. The molecule has 1 aliphatic heterocycles. The zero-order chi connectivity index (χ0) is 19.4. The van der Waals surface area contributed by atoms with Crippen molar-refractivity contribution >= 4 is 6.09 Å². The first-order chi connectivity index (χ1) is 12.8. The second kappa shape index (κ2) is 8.13. The van der Waals surface area contributed by atoms with E-state index in [1.54, 1.807) is 0 Å². The quantitative estimate of drug-likeness (QED) is 0.857. The number of nitrogens with two attached hydrogens (primary N) is 1. The molecule has 27 heavy (non-hydrogen) atoms. The third-order valence-corrected chi connectivity index (χ3v) is 5.32. The molecule has 0 radical (unpaired) electrons. The van der Waals surface area contributed by atoms with Crippen LogP contribution in [0.1, 0.15) is 43.4 Å². The highest BCUT2D eigenvalue weighted by Crippen LogP contribution is 2.24. The van der Waals surface area contributed by atoms with Crippen LogP contribution in [0.15, 0.2) is 48.5 Å². The number of piperidine rings is 1. The highest BCUT2D eigenvalue weighted by atomic mass is 16.6. The summed E-state index contributed by atoms with van der Waals surface area (Å²) in [6.45, 7) is 7.56. The molecule has 0 saturated carbocycles. The Bertz CT molecular complexity index is 752. The number of aryl methyl sites for hydroxylation is 1. The zero-order valence-corrected chi connectivity index (χ0v) is 16.6. The molecule has 3 rings (SSSR count). The predicted octanol–water partition coefficient (Wildman–Crippen LogP) is 4.64. The van der Waals surface area contributed by atoms with Crippen LogP contribution in [0.3, 0.4) is 0 Å². The summed E-state index contributed by atoms with van der Waals surface area (Å²) in [5, 5.41) is 0. The highest BCUT2D eigenvalue weighted by Gasteiger charge is 2.24. The minimum Gasteiger partial charge on any atom is -0.410 e. The Labute approximate surface area is 162 Å². The summed E-state index contributed by atoms with van der Waals surface area (Å²) in [7, 11) is 0. The summed E-state index contributed by atoms with van der Waals surface area (Å²) < 4.78 is 5.48. The van der Waals surface area contributed by atoms with E-state index in [0.717, 1.165) is 43.5 Å². The lowest BCUT2D eigenvalue weighted by Crippen LogP contribution is -2.40. The van der Waals surface area contributed by atoms with Crippen LogP contribution in [0, 0.1) is 12.8 Å². The van der Waals surface area contributed by atoms with Gasteiger partial charge in [0.25, 0.3) is 0 Å². The first kappa shape index (κ1) is 19.4. The van der Waals surface area contributed by atoms with E-state index in [2.05, 4.69) is 24.3 Å². The van der Waals surface area contributed by atoms with Crippen molar-refractivity contribution in [2.24, 2.45) is 11.7 Å². The summed E-state index contributed by atoms with van der Waals surface area (Å²) in [4.78, 5) is 14.2. The number of nitrogens with zero attached hydrogens (tertiary/aromatic N) is 1. The number of carbonyl (C=O) groups is 1. The fraction of sp³-hybridized carbons (Fsp3) is 0.435. The van der Waals surface area contributed by atoms with Gasteiger partial charge in [0.2, 0.25) is 0 Å².